The highest BCUT2D eigenvalue weighted by atomic mass is 19.4. The van der Waals surface area contributed by atoms with E-state index in [9.17, 15) is 26.7 Å². The summed E-state index contributed by atoms with van der Waals surface area (Å²) in [6.45, 7) is 1.26. The van der Waals surface area contributed by atoms with Gasteiger partial charge in [-0.2, -0.15) is 13.2 Å². The Bertz CT molecular complexity index is 756. The van der Waals surface area contributed by atoms with E-state index in [4.69, 9.17) is 0 Å². The minimum absolute atomic E-state index is 0.0782. The first-order valence-corrected chi connectivity index (χ1v) is 9.52. The summed E-state index contributed by atoms with van der Waals surface area (Å²) < 4.78 is 65.8. The molecule has 3 aliphatic rings. The second-order valence-corrected chi connectivity index (χ2v) is 7.98. The number of amides is 1. The van der Waals surface area contributed by atoms with Crippen molar-refractivity contribution < 1.29 is 26.7 Å². The molecule has 2 aliphatic heterocycles. The molecule has 1 aromatic carbocycles. The van der Waals surface area contributed by atoms with Crippen LogP contribution in [0, 0.1) is 17.7 Å². The molecule has 28 heavy (non-hydrogen) atoms. The smallest absolute Gasteiger partial charge is 0.371 e. The first kappa shape index (κ1) is 19.4. The van der Waals surface area contributed by atoms with Gasteiger partial charge in [-0.15, -0.1) is 0 Å². The summed E-state index contributed by atoms with van der Waals surface area (Å²) in [5.41, 5.74) is -0.925. The lowest BCUT2D eigenvalue weighted by atomic mass is 9.97. The maximum atomic E-state index is 13.5. The zero-order valence-electron chi connectivity index (χ0n) is 15.1. The van der Waals surface area contributed by atoms with Crippen molar-refractivity contribution in [1.82, 2.24) is 10.6 Å². The van der Waals surface area contributed by atoms with Crippen LogP contribution in [0.5, 0.6) is 0 Å². The van der Waals surface area contributed by atoms with E-state index in [1.807, 2.05) is 4.90 Å². The van der Waals surface area contributed by atoms with Crippen LogP contribution in [0.25, 0.3) is 0 Å². The van der Waals surface area contributed by atoms with Crippen LogP contribution in [0.2, 0.25) is 0 Å². The van der Waals surface area contributed by atoms with Crippen LogP contribution in [-0.4, -0.2) is 43.8 Å². The van der Waals surface area contributed by atoms with E-state index < -0.39 is 29.8 Å². The Balaban J connectivity index is 1.43. The van der Waals surface area contributed by atoms with Gasteiger partial charge in [0.25, 0.3) is 0 Å². The summed E-state index contributed by atoms with van der Waals surface area (Å²) in [5.74, 6) is -1.12. The largest absolute Gasteiger partial charge is 0.419 e. The zero-order valence-corrected chi connectivity index (χ0v) is 15.1. The molecule has 4 rings (SSSR count). The van der Waals surface area contributed by atoms with Crippen LogP contribution in [0.15, 0.2) is 18.2 Å². The number of hydrogen-bond donors (Lipinski definition) is 2. The molecule has 2 N–H and O–H groups in total. The highest BCUT2D eigenvalue weighted by Crippen LogP contribution is 2.41. The fourth-order valence-corrected chi connectivity index (χ4v) is 4.76. The zero-order chi connectivity index (χ0) is 20.1. The first-order valence-electron chi connectivity index (χ1n) is 9.52. The second kappa shape index (κ2) is 7.17. The number of carbonyl (C=O) groups excluding carboxylic acids is 1. The van der Waals surface area contributed by atoms with Crippen LogP contribution in [0.1, 0.15) is 24.8 Å². The molecule has 0 spiro atoms. The number of halogens is 5. The number of hydrogen-bond acceptors (Lipinski definition) is 3. The maximum absolute atomic E-state index is 13.5. The van der Waals surface area contributed by atoms with Crippen molar-refractivity contribution in [3.05, 3.63) is 29.6 Å². The van der Waals surface area contributed by atoms with Gasteiger partial charge >= 0.3 is 6.18 Å². The number of anilines is 1. The standard InChI is InChI=1S/C19H22F5N3O/c20-11-5-17(25-7-11)18(28)26-16-4-1-10-8-27(9-13(10)16)12-2-3-15(21)14(6-12)19(22,23)24/h2-3,6,10-11,13,16-17,25H,1,4-5,7-9H2,(H,26,28)/t10-,11-,13+,16+,17+/m1/s1. The number of rotatable bonds is 3. The van der Waals surface area contributed by atoms with Gasteiger partial charge in [-0.25, -0.2) is 8.78 Å². The normalized spacial score (nSPS) is 32.6. The monoisotopic (exact) mass is 403 g/mol. The second-order valence-electron chi connectivity index (χ2n) is 7.98. The minimum atomic E-state index is -4.74. The molecule has 1 saturated carbocycles. The summed E-state index contributed by atoms with van der Waals surface area (Å²) in [6, 6.07) is 2.46. The lowest BCUT2D eigenvalue weighted by molar-refractivity contribution is -0.140. The van der Waals surface area contributed by atoms with Crippen molar-refractivity contribution in [3.63, 3.8) is 0 Å². The molecule has 0 aromatic heterocycles. The third-order valence-electron chi connectivity index (χ3n) is 6.20. The Morgan fingerprint density at radius 3 is 2.68 bits per heavy atom. The van der Waals surface area contributed by atoms with Crippen molar-refractivity contribution >= 4 is 11.6 Å². The minimum Gasteiger partial charge on any atom is -0.371 e. The lowest BCUT2D eigenvalue weighted by Crippen LogP contribution is -2.47. The highest BCUT2D eigenvalue weighted by molar-refractivity contribution is 5.82. The van der Waals surface area contributed by atoms with Crippen LogP contribution in [0.4, 0.5) is 27.6 Å². The Morgan fingerprint density at radius 1 is 1.21 bits per heavy atom. The quantitative estimate of drug-likeness (QED) is 0.763. The SMILES string of the molecule is O=C(N[C@H]1CC[C@@H]2CN(c3ccc(F)c(C(F)(F)F)c3)C[C@@H]21)[C@@H]1C[C@@H](F)CN1. The van der Waals surface area contributed by atoms with Gasteiger partial charge in [0.1, 0.15) is 12.0 Å². The Hall–Kier alpha value is -1.90. The van der Waals surface area contributed by atoms with Gasteiger partial charge in [-0.1, -0.05) is 0 Å². The molecule has 0 unspecified atom stereocenters. The van der Waals surface area contributed by atoms with Crippen molar-refractivity contribution in [3.8, 4) is 0 Å². The van der Waals surface area contributed by atoms with Crippen LogP contribution in [0.3, 0.4) is 0 Å². The fourth-order valence-electron chi connectivity index (χ4n) is 4.76. The lowest BCUT2D eigenvalue weighted by Gasteiger charge is -2.24. The molecule has 0 radical (unpaired) electrons. The number of benzene rings is 1. The van der Waals surface area contributed by atoms with E-state index in [1.165, 1.54) is 6.07 Å². The average molecular weight is 403 g/mol. The Labute approximate surface area is 159 Å². The van der Waals surface area contributed by atoms with E-state index in [2.05, 4.69) is 10.6 Å². The number of nitrogens with one attached hydrogen (secondary N) is 2. The molecule has 2 heterocycles. The predicted molar refractivity (Wildman–Crippen MR) is 93.1 cm³/mol. The molecule has 1 aromatic rings. The fraction of sp³-hybridized carbons (Fsp3) is 0.632. The van der Waals surface area contributed by atoms with Crippen molar-refractivity contribution in [1.29, 1.82) is 0 Å². The van der Waals surface area contributed by atoms with Gasteiger partial charge in [0.05, 0.1) is 11.6 Å². The molecular weight excluding hydrogens is 381 g/mol. The molecule has 9 heteroatoms. The molecular formula is C19H22F5N3O. The van der Waals surface area contributed by atoms with Gasteiger partial charge in [-0.05, 0) is 37.0 Å². The van der Waals surface area contributed by atoms with Crippen LogP contribution in [-0.2, 0) is 11.0 Å². The average Bonchev–Trinajstić information content (AvgIpc) is 3.31. The summed E-state index contributed by atoms with van der Waals surface area (Å²) in [4.78, 5) is 14.2. The number of alkyl halides is 4. The Kier molecular flexibility index (Phi) is 4.97. The molecule has 154 valence electrons. The summed E-state index contributed by atoms with van der Waals surface area (Å²) in [7, 11) is 0. The van der Waals surface area contributed by atoms with Gasteiger partial charge in [0, 0.05) is 43.7 Å². The third-order valence-corrected chi connectivity index (χ3v) is 6.20. The summed E-state index contributed by atoms with van der Waals surface area (Å²) in [6.07, 6.45) is -3.93. The molecule has 2 saturated heterocycles. The van der Waals surface area contributed by atoms with E-state index in [-0.39, 0.29) is 36.8 Å². The highest BCUT2D eigenvalue weighted by Gasteiger charge is 2.44. The third kappa shape index (κ3) is 3.68. The molecule has 1 aliphatic carbocycles. The van der Waals surface area contributed by atoms with Gasteiger partial charge < -0.3 is 15.5 Å². The van der Waals surface area contributed by atoms with E-state index >= 15 is 0 Å². The molecule has 5 atom stereocenters. The first-order chi connectivity index (χ1) is 13.2. The van der Waals surface area contributed by atoms with Gasteiger partial charge in [0.2, 0.25) is 5.91 Å². The number of carbonyl (C=O) groups is 1. The Morgan fingerprint density at radius 2 is 2.00 bits per heavy atom. The molecule has 1 amide bonds. The molecule has 3 fully saturated rings. The maximum Gasteiger partial charge on any atom is 0.419 e. The van der Waals surface area contributed by atoms with Crippen molar-refractivity contribution in [2.75, 3.05) is 24.5 Å². The predicted octanol–water partition coefficient (Wildman–Crippen LogP) is 2.88. The summed E-state index contributed by atoms with van der Waals surface area (Å²) in [5, 5.41) is 5.86. The van der Waals surface area contributed by atoms with E-state index in [0.717, 1.165) is 25.0 Å². The van der Waals surface area contributed by atoms with Crippen molar-refractivity contribution in [2.45, 2.75) is 43.7 Å². The molecule has 0 bridgehead atoms. The van der Waals surface area contributed by atoms with Crippen LogP contribution < -0.4 is 15.5 Å². The number of fused-ring (bicyclic) bond motifs is 1. The van der Waals surface area contributed by atoms with Gasteiger partial charge in [0.15, 0.2) is 0 Å². The van der Waals surface area contributed by atoms with E-state index in [0.29, 0.717) is 18.8 Å². The van der Waals surface area contributed by atoms with Crippen molar-refractivity contribution in [2.24, 2.45) is 11.8 Å². The van der Waals surface area contributed by atoms with Crippen LogP contribution >= 0.6 is 0 Å². The van der Waals surface area contributed by atoms with E-state index in [1.54, 1.807) is 0 Å². The topological polar surface area (TPSA) is 44.4 Å². The molecule has 4 nitrogen and oxygen atoms in total. The number of nitrogens with zero attached hydrogens (tertiary/aromatic N) is 1. The summed E-state index contributed by atoms with van der Waals surface area (Å²) >= 11 is 0. The van der Waals surface area contributed by atoms with Gasteiger partial charge in [-0.3, -0.25) is 4.79 Å².